The molecule has 0 bridgehead atoms. The molecule has 0 N–H and O–H groups in total. The fourth-order valence-corrected chi connectivity index (χ4v) is 2.57. The number of halogens is 3. The van der Waals surface area contributed by atoms with Crippen LogP contribution in [0.3, 0.4) is 0 Å². The molecule has 0 unspecified atom stereocenters. The molecule has 0 spiro atoms. The third-order valence-corrected chi connectivity index (χ3v) is 3.65. The predicted octanol–water partition coefficient (Wildman–Crippen LogP) is 3.93. The van der Waals surface area contributed by atoms with Crippen molar-refractivity contribution in [2.24, 2.45) is 5.10 Å². The van der Waals surface area contributed by atoms with Crippen LogP contribution in [0.5, 0.6) is 0 Å². The first-order valence-electron chi connectivity index (χ1n) is 7.05. The summed E-state index contributed by atoms with van der Waals surface area (Å²) >= 11 is 0. The van der Waals surface area contributed by atoms with E-state index in [9.17, 15) is 18.0 Å². The molecular formula is C17H13F3N2O. The lowest BCUT2D eigenvalue weighted by molar-refractivity contribution is -0.187. The molecule has 0 saturated carbocycles. The highest BCUT2D eigenvalue weighted by atomic mass is 19.4. The minimum Gasteiger partial charge on any atom is -0.262 e. The van der Waals surface area contributed by atoms with E-state index in [0.717, 1.165) is 0 Å². The number of benzene rings is 2. The number of hydrogen-bond donors (Lipinski definition) is 0. The van der Waals surface area contributed by atoms with Crippen molar-refractivity contribution in [2.45, 2.75) is 18.6 Å². The van der Waals surface area contributed by atoms with Crippen molar-refractivity contribution in [1.82, 2.24) is 5.01 Å². The van der Waals surface area contributed by atoms with Crippen molar-refractivity contribution in [1.29, 1.82) is 0 Å². The summed E-state index contributed by atoms with van der Waals surface area (Å²) in [5, 5.41) is 4.52. The van der Waals surface area contributed by atoms with Crippen LogP contribution in [0.1, 0.15) is 23.6 Å². The molecule has 0 aromatic heterocycles. The van der Waals surface area contributed by atoms with Gasteiger partial charge in [-0.3, -0.25) is 4.79 Å². The van der Waals surface area contributed by atoms with Gasteiger partial charge in [-0.25, -0.2) is 5.01 Å². The van der Waals surface area contributed by atoms with Gasteiger partial charge in [-0.05, 0) is 11.1 Å². The van der Waals surface area contributed by atoms with Crippen molar-refractivity contribution in [3.63, 3.8) is 0 Å². The van der Waals surface area contributed by atoms with Gasteiger partial charge < -0.3 is 0 Å². The van der Waals surface area contributed by atoms with Crippen LogP contribution in [0.25, 0.3) is 0 Å². The van der Waals surface area contributed by atoms with E-state index < -0.39 is 18.1 Å². The molecule has 23 heavy (non-hydrogen) atoms. The molecule has 2 aromatic carbocycles. The van der Waals surface area contributed by atoms with Crippen molar-refractivity contribution in [3.8, 4) is 0 Å². The van der Waals surface area contributed by atoms with Gasteiger partial charge in [0.25, 0.3) is 0 Å². The summed E-state index contributed by atoms with van der Waals surface area (Å²) < 4.78 is 38.6. The minimum atomic E-state index is -4.96. The molecule has 1 aliphatic heterocycles. The number of hydrogen-bond acceptors (Lipinski definition) is 2. The third kappa shape index (κ3) is 3.11. The summed E-state index contributed by atoms with van der Waals surface area (Å²) in [6.45, 7) is 0. The Morgan fingerprint density at radius 3 is 2.13 bits per heavy atom. The van der Waals surface area contributed by atoms with Gasteiger partial charge >= 0.3 is 12.1 Å². The number of carbonyl (C=O) groups is 1. The van der Waals surface area contributed by atoms with E-state index in [4.69, 9.17) is 0 Å². The lowest BCUT2D eigenvalue weighted by atomic mass is 9.98. The Bertz CT molecular complexity index is 727. The van der Waals surface area contributed by atoms with Gasteiger partial charge in [-0.1, -0.05) is 60.7 Å². The summed E-state index contributed by atoms with van der Waals surface area (Å²) in [7, 11) is 0. The summed E-state index contributed by atoms with van der Waals surface area (Å²) in [6.07, 6.45) is -4.71. The van der Waals surface area contributed by atoms with Crippen LogP contribution < -0.4 is 0 Å². The summed E-state index contributed by atoms with van der Waals surface area (Å²) in [6, 6.07) is 16.8. The smallest absolute Gasteiger partial charge is 0.262 e. The Labute approximate surface area is 131 Å². The lowest BCUT2D eigenvalue weighted by Crippen LogP contribution is -2.38. The molecule has 0 saturated heterocycles. The molecule has 6 heteroatoms. The second-order valence-electron chi connectivity index (χ2n) is 5.19. The van der Waals surface area contributed by atoms with Gasteiger partial charge in [-0.15, -0.1) is 0 Å². The number of hydrazone groups is 1. The first-order chi connectivity index (χ1) is 11.0. The SMILES string of the molecule is O=C(N1N=C(c2ccccc2)C[C@H]1c1ccccc1)C(F)(F)F. The topological polar surface area (TPSA) is 32.7 Å². The molecule has 0 fully saturated rings. The highest BCUT2D eigenvalue weighted by Crippen LogP contribution is 2.35. The predicted molar refractivity (Wildman–Crippen MR) is 79.7 cm³/mol. The molecule has 0 aliphatic carbocycles. The minimum absolute atomic E-state index is 0.246. The van der Waals surface area contributed by atoms with E-state index in [0.29, 0.717) is 21.8 Å². The number of carbonyl (C=O) groups excluding carboxylic acids is 1. The highest BCUT2D eigenvalue weighted by Gasteiger charge is 2.47. The Morgan fingerprint density at radius 1 is 1.00 bits per heavy atom. The first kappa shape index (κ1) is 15.3. The van der Waals surface area contributed by atoms with Gasteiger partial charge in [0.15, 0.2) is 0 Å². The maximum absolute atomic E-state index is 12.9. The number of amides is 1. The quantitative estimate of drug-likeness (QED) is 0.826. The second kappa shape index (κ2) is 5.87. The molecule has 1 heterocycles. The Morgan fingerprint density at radius 2 is 1.57 bits per heavy atom. The van der Waals surface area contributed by atoms with Gasteiger partial charge in [0.2, 0.25) is 0 Å². The molecule has 0 radical (unpaired) electrons. The number of nitrogens with zero attached hydrogens (tertiary/aromatic N) is 2. The fraction of sp³-hybridized carbons (Fsp3) is 0.176. The van der Waals surface area contributed by atoms with Crippen molar-refractivity contribution in [3.05, 3.63) is 71.8 Å². The average Bonchev–Trinajstić information content (AvgIpc) is 3.00. The molecule has 1 aliphatic rings. The second-order valence-corrected chi connectivity index (χ2v) is 5.19. The van der Waals surface area contributed by atoms with E-state index in [1.807, 2.05) is 6.07 Å². The molecule has 2 aromatic rings. The normalized spacial score (nSPS) is 18.0. The van der Waals surface area contributed by atoms with Crippen LogP contribution in [-0.4, -0.2) is 22.8 Å². The van der Waals surface area contributed by atoms with E-state index in [-0.39, 0.29) is 6.42 Å². The van der Waals surface area contributed by atoms with Gasteiger partial charge in [-0.2, -0.15) is 18.3 Å². The molecule has 118 valence electrons. The Kier molecular flexibility index (Phi) is 3.90. The monoisotopic (exact) mass is 318 g/mol. The maximum atomic E-state index is 12.9. The van der Waals surface area contributed by atoms with Gasteiger partial charge in [0, 0.05) is 6.42 Å². The zero-order valence-electron chi connectivity index (χ0n) is 12.0. The zero-order valence-corrected chi connectivity index (χ0v) is 12.0. The van der Waals surface area contributed by atoms with Crippen molar-refractivity contribution in [2.75, 3.05) is 0 Å². The molecule has 3 rings (SSSR count). The largest absolute Gasteiger partial charge is 0.473 e. The third-order valence-electron chi connectivity index (χ3n) is 3.65. The molecule has 1 atom stereocenters. The van der Waals surface area contributed by atoms with Gasteiger partial charge in [0.1, 0.15) is 0 Å². The van der Waals surface area contributed by atoms with Crippen molar-refractivity contribution < 1.29 is 18.0 Å². The summed E-state index contributed by atoms with van der Waals surface area (Å²) in [5.41, 5.74) is 1.81. The molecule has 3 nitrogen and oxygen atoms in total. The van der Waals surface area contributed by atoms with Crippen LogP contribution in [-0.2, 0) is 4.79 Å². The molecule has 1 amide bonds. The zero-order chi connectivity index (χ0) is 16.4. The summed E-state index contributed by atoms with van der Waals surface area (Å²) in [4.78, 5) is 11.7. The van der Waals surface area contributed by atoms with Crippen LogP contribution in [0.15, 0.2) is 65.8 Å². The molecular weight excluding hydrogens is 305 g/mol. The first-order valence-corrected chi connectivity index (χ1v) is 7.05. The number of rotatable bonds is 2. The average molecular weight is 318 g/mol. The summed E-state index contributed by atoms with van der Waals surface area (Å²) in [5.74, 6) is -1.95. The van der Waals surface area contributed by atoms with Crippen LogP contribution in [0, 0.1) is 0 Å². The Balaban J connectivity index is 1.99. The highest BCUT2D eigenvalue weighted by molar-refractivity contribution is 6.03. The van der Waals surface area contributed by atoms with E-state index in [1.165, 1.54) is 0 Å². The van der Waals surface area contributed by atoms with Crippen LogP contribution in [0.4, 0.5) is 13.2 Å². The maximum Gasteiger partial charge on any atom is 0.473 e. The lowest BCUT2D eigenvalue weighted by Gasteiger charge is -2.22. The van der Waals surface area contributed by atoms with Gasteiger partial charge in [0.05, 0.1) is 11.8 Å². The Hall–Kier alpha value is -2.63. The van der Waals surface area contributed by atoms with Crippen LogP contribution in [0.2, 0.25) is 0 Å². The fourth-order valence-electron chi connectivity index (χ4n) is 2.57. The van der Waals surface area contributed by atoms with E-state index in [2.05, 4.69) is 5.10 Å². The number of alkyl halides is 3. The van der Waals surface area contributed by atoms with E-state index >= 15 is 0 Å². The van der Waals surface area contributed by atoms with E-state index in [1.54, 1.807) is 54.6 Å². The van der Waals surface area contributed by atoms with Crippen molar-refractivity contribution >= 4 is 11.6 Å². The van der Waals surface area contributed by atoms with Crippen LogP contribution >= 0.6 is 0 Å². The standard InChI is InChI=1S/C17H13F3N2O/c18-17(19,20)16(23)22-15(13-9-5-2-6-10-13)11-14(21-22)12-7-3-1-4-8-12/h1-10,15H,11H2/t15-/m0/s1.